The van der Waals surface area contributed by atoms with Crippen LogP contribution in [0.25, 0.3) is 5.69 Å². The summed E-state index contributed by atoms with van der Waals surface area (Å²) in [5, 5.41) is 39.7. The lowest BCUT2D eigenvalue weighted by atomic mass is 10.0. The Morgan fingerprint density at radius 2 is 1.88 bits per heavy atom. The highest BCUT2D eigenvalue weighted by Crippen LogP contribution is 2.35. The Balaban J connectivity index is 1.44. The highest BCUT2D eigenvalue weighted by Gasteiger charge is 2.43. The molecule has 0 spiro atoms. The number of benzene rings is 2. The summed E-state index contributed by atoms with van der Waals surface area (Å²) in [6, 6.07) is 14.9. The Bertz CT molecular complexity index is 1370. The summed E-state index contributed by atoms with van der Waals surface area (Å²) in [6.07, 6.45) is -0.617. The maximum Gasteiger partial charge on any atom is 0.291 e. The van der Waals surface area contributed by atoms with E-state index >= 15 is 0 Å². The number of fused-ring (bicyclic) bond motifs is 1. The van der Waals surface area contributed by atoms with Gasteiger partial charge in [-0.15, -0.1) is 0 Å². The van der Waals surface area contributed by atoms with Crippen LogP contribution < -0.4 is 10.6 Å². The minimum atomic E-state index is -2.06. The lowest BCUT2D eigenvalue weighted by molar-refractivity contribution is -0.154. The molecule has 1 unspecified atom stereocenters. The topological polar surface area (TPSA) is 165 Å². The summed E-state index contributed by atoms with van der Waals surface area (Å²) in [5.41, 5.74) is 3.00. The van der Waals surface area contributed by atoms with Crippen LogP contribution in [0.5, 0.6) is 0 Å². The number of nitrogens with one attached hydrogen (secondary N) is 3. The fourth-order valence-corrected chi connectivity index (χ4v) is 4.52. The number of hydrogen-bond acceptors (Lipinski definition) is 8. The molecule has 5 N–H and O–H groups in total. The van der Waals surface area contributed by atoms with Gasteiger partial charge in [-0.25, -0.2) is 9.67 Å². The normalized spacial score (nSPS) is 17.0. The molecule has 0 saturated carbocycles. The first-order valence-electron chi connectivity index (χ1n) is 12.9. The van der Waals surface area contributed by atoms with Gasteiger partial charge >= 0.3 is 0 Å². The molecular weight excluding hydrogens is 514 g/mol. The van der Waals surface area contributed by atoms with Gasteiger partial charge in [-0.1, -0.05) is 36.4 Å². The van der Waals surface area contributed by atoms with Gasteiger partial charge in [-0.05, 0) is 48.7 Å². The first kappa shape index (κ1) is 28.5. The summed E-state index contributed by atoms with van der Waals surface area (Å²) in [5.74, 6) is -2.11. The Kier molecular flexibility index (Phi) is 8.92. The van der Waals surface area contributed by atoms with E-state index < -0.39 is 36.1 Å². The zero-order chi connectivity index (χ0) is 28.8. The molecular formula is C28H33N7O5. The number of nitrogens with zero attached hydrogens (tertiary/aromatic N) is 4. The van der Waals surface area contributed by atoms with Crippen LogP contribution in [0.2, 0.25) is 0 Å². The maximum atomic E-state index is 13.4. The second-order valence-electron chi connectivity index (χ2n) is 9.26. The lowest BCUT2D eigenvalue weighted by Gasteiger charge is -2.29. The quantitative estimate of drug-likeness (QED) is 0.210. The second-order valence-corrected chi connectivity index (χ2v) is 9.26. The van der Waals surface area contributed by atoms with E-state index in [0.717, 1.165) is 16.8 Å². The van der Waals surface area contributed by atoms with E-state index in [0.29, 0.717) is 12.1 Å². The molecule has 3 aromatic rings. The molecule has 2 aromatic carbocycles. The van der Waals surface area contributed by atoms with Gasteiger partial charge in [0.15, 0.2) is 12.2 Å². The van der Waals surface area contributed by atoms with Gasteiger partial charge < -0.3 is 30.5 Å². The van der Waals surface area contributed by atoms with Gasteiger partial charge in [-0.3, -0.25) is 15.0 Å². The summed E-state index contributed by atoms with van der Waals surface area (Å²) in [4.78, 5) is 31.4. The predicted molar refractivity (Wildman–Crippen MR) is 148 cm³/mol. The highest BCUT2D eigenvalue weighted by molar-refractivity contribution is 5.97. The van der Waals surface area contributed by atoms with E-state index in [-0.39, 0.29) is 18.5 Å². The summed E-state index contributed by atoms with van der Waals surface area (Å²) in [6.45, 7) is 4.15. The Hall–Kier alpha value is -4.55. The predicted octanol–water partition coefficient (Wildman–Crippen LogP) is 1.44. The molecule has 0 aliphatic carbocycles. The third-order valence-electron chi connectivity index (χ3n) is 6.61. The average Bonchev–Trinajstić information content (AvgIpc) is 3.64. The van der Waals surface area contributed by atoms with Gasteiger partial charge in [0.05, 0.1) is 11.7 Å². The van der Waals surface area contributed by atoms with Crippen LogP contribution in [-0.4, -0.2) is 74.4 Å². The third kappa shape index (κ3) is 6.03. The number of aliphatic hydroxyl groups is 2. The number of hydrogen-bond donors (Lipinski definition) is 5. The monoisotopic (exact) mass is 547 g/mol. The molecule has 1 aromatic heterocycles. The molecule has 0 bridgehead atoms. The molecule has 12 heteroatoms. The van der Waals surface area contributed by atoms with E-state index in [1.165, 1.54) is 11.9 Å². The highest BCUT2D eigenvalue weighted by atomic mass is 16.5. The number of amidine groups is 1. The van der Waals surface area contributed by atoms with Gasteiger partial charge in [0.25, 0.3) is 17.8 Å². The third-order valence-corrected chi connectivity index (χ3v) is 6.61. The number of carbonyl (C=O) groups is 2. The molecule has 210 valence electrons. The Morgan fingerprint density at radius 3 is 2.52 bits per heavy atom. The van der Waals surface area contributed by atoms with Crippen molar-refractivity contribution < 1.29 is 24.5 Å². The van der Waals surface area contributed by atoms with Crippen molar-refractivity contribution in [1.82, 2.24) is 25.3 Å². The molecule has 40 heavy (non-hydrogen) atoms. The number of carbonyl (C=O) groups excluding carboxylic acids is 2. The first-order valence-corrected chi connectivity index (χ1v) is 12.9. The van der Waals surface area contributed by atoms with Crippen molar-refractivity contribution in [2.45, 2.75) is 44.7 Å². The number of aromatic nitrogens is 2. The number of ether oxygens (including phenoxy) is 1. The van der Waals surface area contributed by atoms with Crippen LogP contribution in [0.15, 0.2) is 72.0 Å². The lowest BCUT2D eigenvalue weighted by Crippen LogP contribution is -2.51. The largest absolute Gasteiger partial charge is 0.409 e. The number of aliphatic hydroxyl groups excluding tert-OH is 2. The van der Waals surface area contributed by atoms with Crippen molar-refractivity contribution in [2.24, 2.45) is 4.99 Å². The smallest absolute Gasteiger partial charge is 0.291 e. The Labute approximate surface area is 231 Å². The zero-order valence-corrected chi connectivity index (χ0v) is 22.5. The molecule has 12 nitrogen and oxygen atoms in total. The number of aliphatic imine (C=N–C) groups is 1. The fraction of sp³-hybridized carbons (Fsp3) is 0.321. The van der Waals surface area contributed by atoms with Crippen molar-refractivity contribution in [2.75, 3.05) is 13.6 Å². The van der Waals surface area contributed by atoms with Gasteiger partial charge in [0.1, 0.15) is 6.04 Å². The molecule has 2 amide bonds. The molecule has 0 radical (unpaired) electrons. The van der Waals surface area contributed by atoms with E-state index in [9.17, 15) is 19.8 Å². The van der Waals surface area contributed by atoms with Crippen LogP contribution in [0, 0.1) is 5.41 Å². The molecule has 2 heterocycles. The van der Waals surface area contributed by atoms with Crippen molar-refractivity contribution >= 4 is 23.7 Å². The van der Waals surface area contributed by atoms with Gasteiger partial charge in [0, 0.05) is 32.5 Å². The fourth-order valence-electron chi connectivity index (χ4n) is 4.52. The number of amides is 2. The Morgan fingerprint density at radius 1 is 1.15 bits per heavy atom. The van der Waals surface area contributed by atoms with Crippen LogP contribution >= 0.6 is 0 Å². The van der Waals surface area contributed by atoms with Crippen LogP contribution in [-0.2, 0) is 20.9 Å². The molecule has 4 atom stereocenters. The SMILES string of the molecule is CCN/C(=N/C)OC(=N)C1c2ccccc2CN1C(=O)[C@H](O)[C@@H](O)C(=O)N[C@H](C)c1ccc(-n2cccn2)cc1. The van der Waals surface area contributed by atoms with E-state index in [1.54, 1.807) is 42.1 Å². The molecule has 1 aliphatic rings. The first-order chi connectivity index (χ1) is 19.2. The second kappa shape index (κ2) is 12.5. The minimum absolute atomic E-state index is 0.0651. The van der Waals surface area contributed by atoms with Crippen molar-refractivity contribution in [3.05, 3.63) is 83.7 Å². The van der Waals surface area contributed by atoms with E-state index in [2.05, 4.69) is 20.7 Å². The molecule has 1 aliphatic heterocycles. The van der Waals surface area contributed by atoms with E-state index in [1.807, 2.05) is 43.5 Å². The van der Waals surface area contributed by atoms with Crippen molar-refractivity contribution in [3.8, 4) is 5.69 Å². The molecule has 0 fully saturated rings. The zero-order valence-electron chi connectivity index (χ0n) is 22.5. The average molecular weight is 548 g/mol. The number of rotatable bonds is 8. The van der Waals surface area contributed by atoms with Gasteiger partial charge in [-0.2, -0.15) is 5.10 Å². The van der Waals surface area contributed by atoms with Crippen molar-refractivity contribution in [1.29, 1.82) is 5.41 Å². The van der Waals surface area contributed by atoms with E-state index in [4.69, 9.17) is 10.1 Å². The minimum Gasteiger partial charge on any atom is -0.409 e. The maximum absolute atomic E-state index is 13.4. The van der Waals surface area contributed by atoms with Crippen LogP contribution in [0.1, 0.15) is 42.6 Å². The van der Waals surface area contributed by atoms with Gasteiger partial charge in [0.2, 0.25) is 5.90 Å². The van der Waals surface area contributed by atoms with Crippen LogP contribution in [0.4, 0.5) is 0 Å². The summed E-state index contributed by atoms with van der Waals surface area (Å²) < 4.78 is 7.28. The summed E-state index contributed by atoms with van der Waals surface area (Å²) >= 11 is 0. The van der Waals surface area contributed by atoms with Crippen molar-refractivity contribution in [3.63, 3.8) is 0 Å². The van der Waals surface area contributed by atoms with Crippen LogP contribution in [0.3, 0.4) is 0 Å². The summed E-state index contributed by atoms with van der Waals surface area (Å²) in [7, 11) is 1.50. The molecule has 4 rings (SSSR count). The standard InChI is InChI=1S/C28H33N7O5/c1-4-31-28(30-3)40-25(29)22-21-9-6-5-8-19(21)16-34(22)27(39)24(37)23(36)26(38)33-17(2)18-10-12-20(13-11-18)35-15-7-14-32-35/h5-15,17,22-24,29,36-37H,4,16H2,1-3H3,(H,30,31)(H,33,38)/t17-,22?,23-,24-/m1/s1. The molecule has 0 saturated heterocycles.